The van der Waals surface area contributed by atoms with Crippen molar-refractivity contribution in [2.45, 2.75) is 13.0 Å². The van der Waals surface area contributed by atoms with Crippen molar-refractivity contribution in [3.8, 4) is 5.75 Å². The van der Waals surface area contributed by atoms with E-state index in [0.717, 1.165) is 16.5 Å². The highest BCUT2D eigenvalue weighted by Crippen LogP contribution is 2.36. The Morgan fingerprint density at radius 3 is 2.84 bits per heavy atom. The zero-order valence-electron chi connectivity index (χ0n) is 14.1. The number of aromatic hydroxyl groups is 1. The molecule has 0 saturated heterocycles. The summed E-state index contributed by atoms with van der Waals surface area (Å²) in [6.45, 7) is 1.88. The highest BCUT2D eigenvalue weighted by Gasteiger charge is 2.23. The molecule has 0 saturated carbocycles. The van der Waals surface area contributed by atoms with E-state index in [1.54, 1.807) is 24.7 Å². The topological polar surface area (TPSA) is 84.3 Å². The molecule has 0 fully saturated rings. The van der Waals surface area contributed by atoms with Crippen molar-refractivity contribution < 1.29 is 14.6 Å². The van der Waals surface area contributed by atoms with E-state index >= 15 is 0 Å². The Labute approximate surface area is 145 Å². The maximum absolute atomic E-state index is 12.1. The number of phenolic OH excluding ortho intramolecular Hbond substituents is 1. The van der Waals surface area contributed by atoms with Crippen LogP contribution in [-0.4, -0.2) is 34.7 Å². The number of hydrogen-bond acceptors (Lipinski definition) is 5. The van der Waals surface area contributed by atoms with Gasteiger partial charge in [-0.15, -0.1) is 0 Å². The first-order valence-electron chi connectivity index (χ1n) is 7.87. The zero-order valence-corrected chi connectivity index (χ0v) is 14.1. The van der Waals surface area contributed by atoms with Crippen LogP contribution < -0.4 is 5.32 Å². The van der Waals surface area contributed by atoms with Gasteiger partial charge in [-0.1, -0.05) is 12.1 Å². The van der Waals surface area contributed by atoms with Gasteiger partial charge in [0, 0.05) is 36.7 Å². The van der Waals surface area contributed by atoms with Gasteiger partial charge in [0.25, 0.3) is 0 Å². The van der Waals surface area contributed by atoms with Crippen molar-refractivity contribution in [1.82, 2.24) is 15.3 Å². The third-order valence-electron chi connectivity index (χ3n) is 4.01. The van der Waals surface area contributed by atoms with Gasteiger partial charge in [-0.05, 0) is 36.2 Å². The molecule has 2 aromatic heterocycles. The average Bonchev–Trinajstić information content (AvgIpc) is 2.64. The number of carbonyl (C=O) groups is 1. The van der Waals surface area contributed by atoms with Crippen LogP contribution in [0.1, 0.15) is 22.7 Å². The van der Waals surface area contributed by atoms with Gasteiger partial charge in [0.05, 0.1) is 6.04 Å². The highest BCUT2D eigenvalue weighted by molar-refractivity contribution is 5.89. The molecule has 1 unspecified atom stereocenters. The number of amides is 1. The Hall–Kier alpha value is -2.99. The first kappa shape index (κ1) is 16.9. The second kappa shape index (κ2) is 7.27. The van der Waals surface area contributed by atoms with Crippen LogP contribution in [-0.2, 0) is 9.53 Å². The minimum atomic E-state index is -0.554. The van der Waals surface area contributed by atoms with Crippen LogP contribution in [0.25, 0.3) is 10.9 Å². The van der Waals surface area contributed by atoms with Crippen LogP contribution in [0.2, 0.25) is 0 Å². The quantitative estimate of drug-likeness (QED) is 0.747. The van der Waals surface area contributed by atoms with Gasteiger partial charge in [0.2, 0.25) is 5.91 Å². The number of phenols is 1. The predicted molar refractivity (Wildman–Crippen MR) is 94.2 cm³/mol. The standard InChI is InChI=1S/C19H19N3O3/c1-12-9-15(19(24)18-14(12)6-4-8-21-18)17(22-16(23)11-25-2)13-5-3-7-20-10-13/h3-10,17,24H,11H2,1-2H3,(H,22,23). The second-order valence-corrected chi connectivity index (χ2v) is 5.75. The van der Waals surface area contributed by atoms with E-state index in [1.807, 2.05) is 31.2 Å². The maximum Gasteiger partial charge on any atom is 0.246 e. The maximum atomic E-state index is 12.1. The number of rotatable bonds is 5. The number of fused-ring (bicyclic) bond motifs is 1. The summed E-state index contributed by atoms with van der Waals surface area (Å²) >= 11 is 0. The molecule has 3 aromatic rings. The summed E-state index contributed by atoms with van der Waals surface area (Å²) in [5.41, 5.74) is 2.80. The largest absolute Gasteiger partial charge is 0.505 e. The lowest BCUT2D eigenvalue weighted by atomic mass is 9.95. The van der Waals surface area contributed by atoms with Crippen molar-refractivity contribution in [3.05, 3.63) is 65.6 Å². The van der Waals surface area contributed by atoms with E-state index in [2.05, 4.69) is 15.3 Å². The fraction of sp³-hybridized carbons (Fsp3) is 0.211. The predicted octanol–water partition coefficient (Wildman–Crippen LogP) is 2.50. The summed E-state index contributed by atoms with van der Waals surface area (Å²) in [5.74, 6) is -0.234. The Bertz CT molecular complexity index is 897. The minimum Gasteiger partial charge on any atom is -0.505 e. The monoisotopic (exact) mass is 337 g/mol. The lowest BCUT2D eigenvalue weighted by molar-refractivity contribution is -0.125. The van der Waals surface area contributed by atoms with Gasteiger partial charge in [-0.2, -0.15) is 0 Å². The Morgan fingerprint density at radius 1 is 1.32 bits per heavy atom. The van der Waals surface area contributed by atoms with Crippen molar-refractivity contribution in [1.29, 1.82) is 0 Å². The van der Waals surface area contributed by atoms with E-state index in [4.69, 9.17) is 4.74 Å². The lowest BCUT2D eigenvalue weighted by Gasteiger charge is -2.21. The summed E-state index contributed by atoms with van der Waals surface area (Å²) in [6.07, 6.45) is 4.95. The molecule has 0 spiro atoms. The molecule has 0 aliphatic carbocycles. The summed E-state index contributed by atoms with van der Waals surface area (Å²) in [6, 6.07) is 8.68. The number of nitrogens with zero attached hydrogens (tertiary/aromatic N) is 2. The Balaban J connectivity index is 2.14. The minimum absolute atomic E-state index is 0.0489. The van der Waals surface area contributed by atoms with Gasteiger partial charge in [-0.25, -0.2) is 0 Å². The summed E-state index contributed by atoms with van der Waals surface area (Å²) < 4.78 is 4.90. The van der Waals surface area contributed by atoms with Gasteiger partial charge in [-0.3, -0.25) is 14.8 Å². The van der Waals surface area contributed by atoms with Crippen molar-refractivity contribution >= 4 is 16.8 Å². The number of aryl methyl sites for hydroxylation is 1. The molecular formula is C19H19N3O3. The van der Waals surface area contributed by atoms with Gasteiger partial charge in [0.1, 0.15) is 17.9 Å². The van der Waals surface area contributed by atoms with Crippen LogP contribution in [0, 0.1) is 6.92 Å². The molecule has 3 rings (SSSR count). The van der Waals surface area contributed by atoms with Crippen molar-refractivity contribution in [3.63, 3.8) is 0 Å². The molecule has 1 aromatic carbocycles. The van der Waals surface area contributed by atoms with Crippen LogP contribution in [0.4, 0.5) is 0 Å². The number of hydrogen-bond donors (Lipinski definition) is 2. The number of carbonyl (C=O) groups excluding carboxylic acids is 1. The fourth-order valence-corrected chi connectivity index (χ4v) is 2.87. The number of ether oxygens (including phenoxy) is 1. The third kappa shape index (κ3) is 3.44. The molecule has 0 radical (unpaired) electrons. The highest BCUT2D eigenvalue weighted by atomic mass is 16.5. The number of methoxy groups -OCH3 is 1. The van der Waals surface area contributed by atoms with E-state index in [1.165, 1.54) is 7.11 Å². The summed E-state index contributed by atoms with van der Waals surface area (Å²) in [7, 11) is 1.46. The van der Waals surface area contributed by atoms with E-state index in [9.17, 15) is 9.90 Å². The number of benzene rings is 1. The molecule has 128 valence electrons. The van der Waals surface area contributed by atoms with Gasteiger partial charge in [0.15, 0.2) is 0 Å². The van der Waals surface area contributed by atoms with Crippen LogP contribution in [0.5, 0.6) is 5.75 Å². The molecule has 2 N–H and O–H groups in total. The Kier molecular flexibility index (Phi) is 4.90. The molecule has 1 amide bonds. The third-order valence-corrected chi connectivity index (χ3v) is 4.01. The van der Waals surface area contributed by atoms with Gasteiger partial charge < -0.3 is 15.2 Å². The van der Waals surface area contributed by atoms with Gasteiger partial charge >= 0.3 is 0 Å². The molecule has 6 heteroatoms. The Morgan fingerprint density at radius 2 is 2.12 bits per heavy atom. The van der Waals surface area contributed by atoms with Crippen LogP contribution in [0.15, 0.2) is 48.9 Å². The molecule has 6 nitrogen and oxygen atoms in total. The van der Waals surface area contributed by atoms with E-state index in [-0.39, 0.29) is 18.3 Å². The summed E-state index contributed by atoms with van der Waals surface area (Å²) in [5, 5.41) is 14.5. The molecule has 1 atom stereocenters. The zero-order chi connectivity index (χ0) is 17.8. The van der Waals surface area contributed by atoms with E-state index < -0.39 is 6.04 Å². The molecule has 0 aliphatic heterocycles. The molecule has 2 heterocycles. The molecular weight excluding hydrogens is 318 g/mol. The van der Waals surface area contributed by atoms with Crippen molar-refractivity contribution in [2.75, 3.05) is 13.7 Å². The number of pyridine rings is 2. The first-order chi connectivity index (χ1) is 12.1. The van der Waals surface area contributed by atoms with E-state index in [0.29, 0.717) is 11.1 Å². The normalized spacial score (nSPS) is 12.1. The molecule has 0 bridgehead atoms. The number of aromatic nitrogens is 2. The SMILES string of the molecule is COCC(=O)NC(c1cccnc1)c1cc(C)c2cccnc2c1O. The number of nitrogens with one attached hydrogen (secondary N) is 1. The van der Waals surface area contributed by atoms with Crippen LogP contribution in [0.3, 0.4) is 0 Å². The molecule has 0 aliphatic rings. The second-order valence-electron chi connectivity index (χ2n) is 5.75. The first-order valence-corrected chi connectivity index (χ1v) is 7.87. The summed E-state index contributed by atoms with van der Waals surface area (Å²) in [4.78, 5) is 20.5. The van der Waals surface area contributed by atoms with Crippen LogP contribution >= 0.6 is 0 Å². The van der Waals surface area contributed by atoms with Crippen molar-refractivity contribution in [2.24, 2.45) is 0 Å². The fourth-order valence-electron chi connectivity index (χ4n) is 2.87. The lowest BCUT2D eigenvalue weighted by Crippen LogP contribution is -2.32. The average molecular weight is 337 g/mol. The molecule has 25 heavy (non-hydrogen) atoms. The smallest absolute Gasteiger partial charge is 0.246 e.